The number of rotatable bonds is 6. The molecule has 1 aliphatic carbocycles. The maximum absolute atomic E-state index is 12.6. The maximum Gasteiger partial charge on any atom is 0.284 e. The molecule has 0 saturated heterocycles. The lowest BCUT2D eigenvalue weighted by atomic mass is 9.90. The van der Waals surface area contributed by atoms with Crippen LogP contribution in [0.25, 0.3) is 0 Å². The van der Waals surface area contributed by atoms with Crippen molar-refractivity contribution < 1.29 is 14.8 Å². The number of hydrogen-bond acceptors (Lipinski definition) is 4. The summed E-state index contributed by atoms with van der Waals surface area (Å²) in [6.07, 6.45) is 3.51. The highest BCUT2D eigenvalue weighted by molar-refractivity contribution is 9.10. The van der Waals surface area contributed by atoms with Crippen LogP contribution in [0.1, 0.15) is 36.0 Å². The highest BCUT2D eigenvalue weighted by Crippen LogP contribution is 2.29. The van der Waals surface area contributed by atoms with Crippen LogP contribution in [0.3, 0.4) is 0 Å². The number of hydrogen-bond donors (Lipinski definition) is 1. The van der Waals surface area contributed by atoms with Gasteiger partial charge in [0.05, 0.1) is 9.40 Å². The zero-order valence-corrected chi connectivity index (χ0v) is 13.1. The minimum Gasteiger partial charge on any atom is -0.396 e. The van der Waals surface area contributed by atoms with Gasteiger partial charge in [0.25, 0.3) is 11.6 Å². The molecule has 21 heavy (non-hydrogen) atoms. The average Bonchev–Trinajstić information content (AvgIpc) is 2.40. The van der Waals surface area contributed by atoms with Crippen molar-refractivity contribution in [2.75, 3.05) is 13.2 Å². The number of halogens is 1. The molecular weight excluding hydrogens is 340 g/mol. The van der Waals surface area contributed by atoms with E-state index < -0.39 is 4.92 Å². The Kier molecular flexibility index (Phi) is 5.30. The van der Waals surface area contributed by atoms with Gasteiger partial charge in [0.1, 0.15) is 0 Å². The van der Waals surface area contributed by atoms with E-state index in [9.17, 15) is 14.9 Å². The molecule has 1 saturated carbocycles. The standard InChI is InChI=1S/C14H17BrN2O4/c15-12-6-5-10(9-13(12)17(20)21)14(19)16(7-2-8-18)11-3-1-4-11/h5-6,9,11,18H,1-4,7-8H2. The maximum atomic E-state index is 12.6. The van der Waals surface area contributed by atoms with Gasteiger partial charge < -0.3 is 10.0 Å². The van der Waals surface area contributed by atoms with Crippen molar-refractivity contribution in [1.29, 1.82) is 0 Å². The van der Waals surface area contributed by atoms with Crippen molar-refractivity contribution in [3.63, 3.8) is 0 Å². The van der Waals surface area contributed by atoms with Gasteiger partial charge in [-0.3, -0.25) is 14.9 Å². The van der Waals surface area contributed by atoms with Gasteiger partial charge in [-0.15, -0.1) is 0 Å². The molecule has 0 spiro atoms. The van der Waals surface area contributed by atoms with Crippen LogP contribution in [-0.2, 0) is 0 Å². The van der Waals surface area contributed by atoms with Crippen LogP contribution in [0.5, 0.6) is 0 Å². The second-order valence-corrected chi connectivity index (χ2v) is 5.94. The molecule has 1 aliphatic rings. The number of nitro groups is 1. The van der Waals surface area contributed by atoms with Gasteiger partial charge in [0.15, 0.2) is 0 Å². The third-order valence-electron chi connectivity index (χ3n) is 3.72. The van der Waals surface area contributed by atoms with Crippen molar-refractivity contribution >= 4 is 27.5 Å². The summed E-state index contributed by atoms with van der Waals surface area (Å²) in [4.78, 5) is 24.8. The zero-order chi connectivity index (χ0) is 15.4. The van der Waals surface area contributed by atoms with Crippen LogP contribution >= 0.6 is 15.9 Å². The molecular formula is C14H17BrN2O4. The largest absolute Gasteiger partial charge is 0.396 e. The summed E-state index contributed by atoms with van der Waals surface area (Å²) in [5.41, 5.74) is 0.200. The number of amides is 1. The van der Waals surface area contributed by atoms with Gasteiger partial charge in [0, 0.05) is 30.8 Å². The molecule has 2 rings (SSSR count). The number of carbonyl (C=O) groups is 1. The van der Waals surface area contributed by atoms with Gasteiger partial charge in [-0.25, -0.2) is 0 Å². The summed E-state index contributed by atoms with van der Waals surface area (Å²) in [5, 5.41) is 19.9. The van der Waals surface area contributed by atoms with Crippen molar-refractivity contribution in [2.24, 2.45) is 0 Å². The Hall–Kier alpha value is -1.47. The fraction of sp³-hybridized carbons (Fsp3) is 0.500. The van der Waals surface area contributed by atoms with E-state index in [0.717, 1.165) is 19.3 Å². The van der Waals surface area contributed by atoms with E-state index in [-0.39, 0.29) is 24.2 Å². The fourth-order valence-corrected chi connectivity index (χ4v) is 2.73. The van der Waals surface area contributed by atoms with Crippen molar-refractivity contribution in [1.82, 2.24) is 4.90 Å². The second kappa shape index (κ2) is 7.00. The van der Waals surface area contributed by atoms with E-state index in [4.69, 9.17) is 5.11 Å². The third-order valence-corrected chi connectivity index (χ3v) is 4.39. The van der Waals surface area contributed by atoms with E-state index in [1.54, 1.807) is 11.0 Å². The number of nitro benzene ring substituents is 1. The average molecular weight is 357 g/mol. The van der Waals surface area contributed by atoms with Gasteiger partial charge in [-0.05, 0) is 53.7 Å². The minimum absolute atomic E-state index is 0.0248. The summed E-state index contributed by atoms with van der Waals surface area (Å²) in [6.45, 7) is 0.501. The first-order valence-electron chi connectivity index (χ1n) is 6.90. The molecule has 0 unspecified atom stereocenters. The lowest BCUT2D eigenvalue weighted by Gasteiger charge is -2.37. The summed E-state index contributed by atoms with van der Waals surface area (Å²) < 4.78 is 0.356. The molecule has 6 nitrogen and oxygen atoms in total. The van der Waals surface area contributed by atoms with Gasteiger partial charge in [-0.2, -0.15) is 0 Å². The van der Waals surface area contributed by atoms with E-state index in [2.05, 4.69) is 15.9 Å². The Labute approximate surface area is 131 Å². The molecule has 114 valence electrons. The lowest BCUT2D eigenvalue weighted by molar-refractivity contribution is -0.385. The number of nitrogens with zero attached hydrogens (tertiary/aromatic N) is 2. The molecule has 1 amide bonds. The monoisotopic (exact) mass is 356 g/mol. The smallest absolute Gasteiger partial charge is 0.284 e. The topological polar surface area (TPSA) is 83.7 Å². The van der Waals surface area contributed by atoms with Gasteiger partial charge in [0.2, 0.25) is 0 Å². The van der Waals surface area contributed by atoms with Crippen LogP contribution in [0, 0.1) is 10.1 Å². The van der Waals surface area contributed by atoms with Crippen molar-refractivity contribution in [2.45, 2.75) is 31.7 Å². The fourth-order valence-electron chi connectivity index (χ4n) is 2.34. The van der Waals surface area contributed by atoms with Crippen LogP contribution in [0.15, 0.2) is 22.7 Å². The van der Waals surface area contributed by atoms with E-state index >= 15 is 0 Å². The molecule has 1 aromatic rings. The number of aliphatic hydroxyl groups is 1. The first-order chi connectivity index (χ1) is 10.0. The summed E-state index contributed by atoms with van der Waals surface area (Å²) in [7, 11) is 0. The molecule has 0 heterocycles. The molecule has 7 heteroatoms. The van der Waals surface area contributed by atoms with Crippen LogP contribution in [-0.4, -0.2) is 40.0 Å². The number of benzene rings is 1. The Balaban J connectivity index is 2.23. The molecule has 1 N–H and O–H groups in total. The highest BCUT2D eigenvalue weighted by Gasteiger charge is 2.29. The molecule has 0 aliphatic heterocycles. The first-order valence-corrected chi connectivity index (χ1v) is 7.69. The number of aliphatic hydroxyl groups excluding tert-OH is 1. The molecule has 0 atom stereocenters. The van der Waals surface area contributed by atoms with Crippen LogP contribution < -0.4 is 0 Å². The van der Waals surface area contributed by atoms with Gasteiger partial charge in [-0.1, -0.05) is 0 Å². The summed E-state index contributed by atoms with van der Waals surface area (Å²) in [5.74, 6) is -0.205. The van der Waals surface area contributed by atoms with Crippen molar-refractivity contribution in [3.05, 3.63) is 38.3 Å². The molecule has 1 fully saturated rings. The van der Waals surface area contributed by atoms with E-state index in [1.807, 2.05) is 0 Å². The Bertz CT molecular complexity index is 546. The SMILES string of the molecule is O=C(c1ccc(Br)c([N+](=O)[O-])c1)N(CCCO)C1CCC1. The predicted molar refractivity (Wildman–Crippen MR) is 81.2 cm³/mol. The Morgan fingerprint density at radius 3 is 2.71 bits per heavy atom. The molecule has 0 bridgehead atoms. The second-order valence-electron chi connectivity index (χ2n) is 5.08. The summed E-state index contributed by atoms with van der Waals surface area (Å²) in [6, 6.07) is 4.60. The van der Waals surface area contributed by atoms with Crippen molar-refractivity contribution in [3.8, 4) is 0 Å². The Morgan fingerprint density at radius 2 is 2.19 bits per heavy atom. The Morgan fingerprint density at radius 1 is 1.48 bits per heavy atom. The number of carbonyl (C=O) groups excluding carboxylic acids is 1. The normalized spacial score (nSPS) is 14.6. The molecule has 0 radical (unpaired) electrons. The molecule has 1 aromatic carbocycles. The minimum atomic E-state index is -0.512. The zero-order valence-electron chi connectivity index (χ0n) is 11.5. The molecule has 0 aromatic heterocycles. The highest BCUT2D eigenvalue weighted by atomic mass is 79.9. The third kappa shape index (κ3) is 3.59. The van der Waals surface area contributed by atoms with Gasteiger partial charge >= 0.3 is 0 Å². The van der Waals surface area contributed by atoms with E-state index in [1.165, 1.54) is 12.1 Å². The lowest BCUT2D eigenvalue weighted by Crippen LogP contribution is -2.45. The first kappa shape index (κ1) is 15.9. The van der Waals surface area contributed by atoms with E-state index in [0.29, 0.717) is 23.0 Å². The van der Waals surface area contributed by atoms with Crippen LogP contribution in [0.2, 0.25) is 0 Å². The summed E-state index contributed by atoms with van der Waals surface area (Å²) >= 11 is 3.11. The van der Waals surface area contributed by atoms with Crippen LogP contribution in [0.4, 0.5) is 5.69 Å². The predicted octanol–water partition coefficient (Wildman–Crippen LogP) is 2.73. The quantitative estimate of drug-likeness (QED) is 0.627.